The van der Waals surface area contributed by atoms with Crippen LogP contribution in [0.25, 0.3) is 0 Å². The van der Waals surface area contributed by atoms with Crippen molar-refractivity contribution in [2.45, 2.75) is 13.1 Å². The van der Waals surface area contributed by atoms with E-state index < -0.39 is 11.7 Å². The van der Waals surface area contributed by atoms with E-state index in [1.165, 1.54) is 24.4 Å². The average Bonchev–Trinajstić information content (AvgIpc) is 2.68. The first-order chi connectivity index (χ1) is 13.8. The van der Waals surface area contributed by atoms with Crippen LogP contribution in [0.3, 0.4) is 0 Å². The van der Waals surface area contributed by atoms with Gasteiger partial charge in [0.1, 0.15) is 17.3 Å². The predicted octanol–water partition coefficient (Wildman–Crippen LogP) is 4.35. The van der Waals surface area contributed by atoms with Crippen molar-refractivity contribution in [1.82, 2.24) is 10.2 Å². The minimum atomic E-state index is -4.49. The molecule has 8 heteroatoms. The molecule has 0 bridgehead atoms. The zero-order chi connectivity index (χ0) is 21.0. The fourth-order valence-electron chi connectivity index (χ4n) is 2.53. The second kappa shape index (κ2) is 8.02. The van der Waals surface area contributed by atoms with Gasteiger partial charge in [0.15, 0.2) is 0 Å². The molecule has 5 nitrogen and oxygen atoms in total. The van der Waals surface area contributed by atoms with Crippen molar-refractivity contribution in [1.29, 1.82) is 5.41 Å². The van der Waals surface area contributed by atoms with Crippen LogP contribution in [0.15, 0.2) is 54.7 Å². The van der Waals surface area contributed by atoms with Crippen LogP contribution in [0.4, 0.5) is 18.9 Å². The van der Waals surface area contributed by atoms with Crippen molar-refractivity contribution in [3.05, 3.63) is 82.7 Å². The highest BCUT2D eigenvalue weighted by Gasteiger charge is 2.30. The molecule has 0 amide bonds. The van der Waals surface area contributed by atoms with Crippen LogP contribution in [0.2, 0.25) is 0 Å². The van der Waals surface area contributed by atoms with Gasteiger partial charge < -0.3 is 10.4 Å². The van der Waals surface area contributed by atoms with Gasteiger partial charge in [0.05, 0.1) is 16.7 Å². The number of aromatic hydroxyl groups is 1. The Bertz CT molecular complexity index is 1120. The Morgan fingerprint density at radius 1 is 1.10 bits per heavy atom. The van der Waals surface area contributed by atoms with E-state index in [9.17, 15) is 18.3 Å². The third kappa shape index (κ3) is 4.71. The summed E-state index contributed by atoms with van der Waals surface area (Å²) in [6.07, 6.45) is -2.98. The first-order valence-corrected chi connectivity index (χ1v) is 8.41. The number of halogens is 3. The van der Waals surface area contributed by atoms with E-state index in [1.54, 1.807) is 25.1 Å². The van der Waals surface area contributed by atoms with Crippen molar-refractivity contribution in [2.75, 3.05) is 5.32 Å². The van der Waals surface area contributed by atoms with Crippen LogP contribution >= 0.6 is 0 Å². The Balaban J connectivity index is 1.90. The van der Waals surface area contributed by atoms with Gasteiger partial charge >= 0.3 is 6.18 Å². The number of aromatic nitrogens is 2. The number of phenols is 1. The van der Waals surface area contributed by atoms with Gasteiger partial charge in [-0.3, -0.25) is 5.41 Å². The Morgan fingerprint density at radius 3 is 2.59 bits per heavy atom. The van der Waals surface area contributed by atoms with Gasteiger partial charge in [0.2, 0.25) is 0 Å². The number of hydrogen-bond donors (Lipinski definition) is 3. The van der Waals surface area contributed by atoms with Gasteiger partial charge in [-0.05, 0) is 54.8 Å². The van der Waals surface area contributed by atoms with Gasteiger partial charge in [-0.15, -0.1) is 5.10 Å². The smallest absolute Gasteiger partial charge is 0.416 e. The van der Waals surface area contributed by atoms with Crippen LogP contribution in [-0.4, -0.2) is 21.1 Å². The minimum absolute atomic E-state index is 0.0806. The first kappa shape index (κ1) is 19.9. The molecule has 1 aromatic heterocycles. The lowest BCUT2D eigenvalue weighted by Gasteiger charge is -2.13. The quantitative estimate of drug-likeness (QED) is 0.342. The molecule has 0 aliphatic carbocycles. The third-order valence-electron chi connectivity index (χ3n) is 4.00. The Hall–Kier alpha value is -3.86. The zero-order valence-corrected chi connectivity index (χ0v) is 15.2. The lowest BCUT2D eigenvalue weighted by atomic mass is 10.0. The topological polar surface area (TPSA) is 81.9 Å². The molecule has 3 N–H and O–H groups in total. The number of benzene rings is 2. The molecule has 0 aliphatic heterocycles. The van der Waals surface area contributed by atoms with Crippen LogP contribution in [0.1, 0.15) is 27.9 Å². The van der Waals surface area contributed by atoms with E-state index in [1.807, 2.05) is 0 Å². The standard InChI is InChI=1S/C21H15F3N4O/c1-13-7-9-18(19(29)17(13)10-8-15-6-3-11-26-28-15)20(25)27-16-5-2-4-14(12-16)21(22,23)24/h2-7,9,11-12,29H,1H3,(H2,25,27). The summed E-state index contributed by atoms with van der Waals surface area (Å²) in [5.41, 5.74) is 0.736. The predicted molar refractivity (Wildman–Crippen MR) is 103 cm³/mol. The number of phenolic OH excluding ortho intramolecular Hbond substituents is 1. The highest BCUT2D eigenvalue weighted by atomic mass is 19.4. The lowest BCUT2D eigenvalue weighted by molar-refractivity contribution is -0.137. The largest absolute Gasteiger partial charge is 0.506 e. The third-order valence-corrected chi connectivity index (χ3v) is 4.00. The summed E-state index contributed by atoms with van der Waals surface area (Å²) in [6, 6.07) is 11.0. The van der Waals surface area contributed by atoms with Crippen molar-refractivity contribution in [3.63, 3.8) is 0 Å². The summed E-state index contributed by atoms with van der Waals surface area (Å²) >= 11 is 0. The number of amidine groups is 1. The molecule has 29 heavy (non-hydrogen) atoms. The fraction of sp³-hybridized carbons (Fsp3) is 0.0952. The van der Waals surface area contributed by atoms with E-state index in [0.717, 1.165) is 12.1 Å². The van der Waals surface area contributed by atoms with Crippen LogP contribution in [0, 0.1) is 24.2 Å². The number of hydrogen-bond acceptors (Lipinski definition) is 4. The first-order valence-electron chi connectivity index (χ1n) is 8.41. The lowest BCUT2D eigenvalue weighted by Crippen LogP contribution is -2.14. The zero-order valence-electron chi connectivity index (χ0n) is 15.2. The average molecular weight is 396 g/mol. The van der Waals surface area contributed by atoms with Crippen LogP contribution in [-0.2, 0) is 6.18 Å². The molecule has 146 valence electrons. The van der Waals surface area contributed by atoms with E-state index in [0.29, 0.717) is 16.8 Å². The number of alkyl halides is 3. The second-order valence-electron chi connectivity index (χ2n) is 6.09. The number of anilines is 1. The summed E-state index contributed by atoms with van der Waals surface area (Å²) in [7, 11) is 0. The van der Waals surface area contributed by atoms with Gasteiger partial charge in [0.25, 0.3) is 0 Å². The molecule has 0 unspecified atom stereocenters. The molecule has 0 saturated carbocycles. The highest BCUT2D eigenvalue weighted by molar-refractivity contribution is 6.08. The van der Waals surface area contributed by atoms with Gasteiger partial charge in [-0.1, -0.05) is 18.1 Å². The summed E-state index contributed by atoms with van der Waals surface area (Å²) in [6.45, 7) is 1.74. The molecule has 3 rings (SSSR count). The highest BCUT2D eigenvalue weighted by Crippen LogP contribution is 2.31. The van der Waals surface area contributed by atoms with Gasteiger partial charge in [-0.2, -0.15) is 18.3 Å². The maximum Gasteiger partial charge on any atom is 0.416 e. The summed E-state index contributed by atoms with van der Waals surface area (Å²) in [4.78, 5) is 0. The Labute approximate surface area is 164 Å². The van der Waals surface area contributed by atoms with Crippen molar-refractivity contribution in [2.24, 2.45) is 0 Å². The fourth-order valence-corrected chi connectivity index (χ4v) is 2.53. The number of nitrogens with zero attached hydrogens (tertiary/aromatic N) is 2. The second-order valence-corrected chi connectivity index (χ2v) is 6.09. The molecular formula is C21H15F3N4O. The summed E-state index contributed by atoms with van der Waals surface area (Å²) in [5, 5.41) is 28.9. The number of nitrogens with one attached hydrogen (secondary N) is 2. The van der Waals surface area contributed by atoms with Crippen molar-refractivity contribution >= 4 is 11.5 Å². The van der Waals surface area contributed by atoms with E-state index in [2.05, 4.69) is 27.4 Å². The molecule has 0 spiro atoms. The van der Waals surface area contributed by atoms with E-state index >= 15 is 0 Å². The molecule has 0 atom stereocenters. The van der Waals surface area contributed by atoms with Crippen molar-refractivity contribution < 1.29 is 18.3 Å². The van der Waals surface area contributed by atoms with E-state index in [-0.39, 0.29) is 22.8 Å². The molecule has 3 aromatic rings. The minimum Gasteiger partial charge on any atom is -0.506 e. The molecular weight excluding hydrogens is 381 g/mol. The van der Waals surface area contributed by atoms with Crippen LogP contribution < -0.4 is 5.32 Å². The molecule has 0 radical (unpaired) electrons. The van der Waals surface area contributed by atoms with Crippen molar-refractivity contribution in [3.8, 4) is 17.6 Å². The molecule has 0 aliphatic rings. The van der Waals surface area contributed by atoms with Gasteiger partial charge in [0, 0.05) is 11.9 Å². The van der Waals surface area contributed by atoms with E-state index in [4.69, 9.17) is 5.41 Å². The molecule has 0 saturated heterocycles. The summed E-state index contributed by atoms with van der Waals surface area (Å²) in [5.74, 6) is 5.09. The van der Waals surface area contributed by atoms with Crippen LogP contribution in [0.5, 0.6) is 5.75 Å². The maximum absolute atomic E-state index is 12.9. The number of aryl methyl sites for hydroxylation is 1. The Morgan fingerprint density at radius 2 is 1.90 bits per heavy atom. The normalized spacial score (nSPS) is 10.8. The molecule has 1 heterocycles. The molecule has 2 aromatic carbocycles. The molecule has 0 fully saturated rings. The summed E-state index contributed by atoms with van der Waals surface area (Å²) < 4.78 is 38.6. The van der Waals surface area contributed by atoms with Gasteiger partial charge in [-0.25, -0.2) is 0 Å². The number of rotatable bonds is 2. The Kier molecular flexibility index (Phi) is 5.50. The monoisotopic (exact) mass is 396 g/mol. The maximum atomic E-state index is 12.9. The SMILES string of the molecule is Cc1ccc(C(=N)Nc2cccc(C(F)(F)F)c2)c(O)c1C#Cc1cccnn1.